The maximum absolute atomic E-state index is 13.5. The summed E-state index contributed by atoms with van der Waals surface area (Å²) in [5.41, 5.74) is 0.984. The number of sulfonamides is 1. The van der Waals surface area contributed by atoms with Crippen LogP contribution in [0.25, 0.3) is 0 Å². The molecular weight excluding hydrogens is 445 g/mol. The smallest absolute Gasteiger partial charge is 0.244 e. The summed E-state index contributed by atoms with van der Waals surface area (Å²) in [5, 5.41) is 2.92. The van der Waals surface area contributed by atoms with Crippen LogP contribution in [0.15, 0.2) is 54.6 Å². The number of carbonyl (C=O) groups excluding carboxylic acids is 2. The minimum absolute atomic E-state index is 0.0630. The Morgan fingerprint density at radius 1 is 1.00 bits per heavy atom. The van der Waals surface area contributed by atoms with E-state index in [1.165, 1.54) is 17.0 Å². The molecule has 2 amide bonds. The van der Waals surface area contributed by atoms with Crippen molar-refractivity contribution >= 4 is 27.5 Å². The average molecular weight is 478 g/mol. The van der Waals surface area contributed by atoms with Crippen molar-refractivity contribution in [2.75, 3.05) is 17.1 Å². The average Bonchev–Trinajstić information content (AvgIpc) is 2.77. The third kappa shape index (κ3) is 7.56. The Labute approximate surface area is 195 Å². The van der Waals surface area contributed by atoms with E-state index >= 15 is 0 Å². The Bertz CT molecular complexity index is 1030. The second-order valence-corrected chi connectivity index (χ2v) is 9.90. The van der Waals surface area contributed by atoms with Gasteiger partial charge in [0.1, 0.15) is 18.4 Å². The van der Waals surface area contributed by atoms with Crippen molar-refractivity contribution in [3.63, 3.8) is 0 Å². The third-order valence-electron chi connectivity index (χ3n) is 5.38. The van der Waals surface area contributed by atoms with Crippen LogP contribution >= 0.6 is 0 Å². The van der Waals surface area contributed by atoms with Crippen molar-refractivity contribution in [3.05, 3.63) is 66.0 Å². The van der Waals surface area contributed by atoms with E-state index in [1.54, 1.807) is 6.92 Å². The van der Waals surface area contributed by atoms with Gasteiger partial charge in [0.05, 0.1) is 11.9 Å². The predicted octanol–water partition coefficient (Wildman–Crippen LogP) is 3.31. The van der Waals surface area contributed by atoms with Crippen molar-refractivity contribution in [1.29, 1.82) is 0 Å². The molecule has 1 N–H and O–H groups in total. The monoisotopic (exact) mass is 477 g/mol. The molecule has 2 aromatic carbocycles. The number of anilines is 1. The van der Waals surface area contributed by atoms with E-state index in [1.807, 2.05) is 44.2 Å². The van der Waals surface area contributed by atoms with Gasteiger partial charge in [0, 0.05) is 12.6 Å². The molecule has 0 saturated heterocycles. The van der Waals surface area contributed by atoms with Gasteiger partial charge in [0.15, 0.2) is 0 Å². The van der Waals surface area contributed by atoms with Crippen LogP contribution < -0.4 is 9.62 Å². The lowest BCUT2D eigenvalue weighted by atomic mass is 10.1. The number of halogens is 1. The molecule has 0 unspecified atom stereocenters. The lowest BCUT2D eigenvalue weighted by molar-refractivity contribution is -0.140. The first kappa shape index (κ1) is 26.3. The van der Waals surface area contributed by atoms with Crippen LogP contribution in [0, 0.1) is 5.82 Å². The normalized spacial score (nSPS) is 13.1. The summed E-state index contributed by atoms with van der Waals surface area (Å²) in [6.07, 6.45) is 2.08. The summed E-state index contributed by atoms with van der Waals surface area (Å²) in [7, 11) is -3.85. The van der Waals surface area contributed by atoms with Gasteiger partial charge in [-0.1, -0.05) is 44.2 Å². The fourth-order valence-corrected chi connectivity index (χ4v) is 4.21. The van der Waals surface area contributed by atoms with Crippen LogP contribution in [0.5, 0.6) is 0 Å². The molecule has 33 heavy (non-hydrogen) atoms. The second-order valence-electron chi connectivity index (χ2n) is 8.00. The van der Waals surface area contributed by atoms with E-state index in [0.29, 0.717) is 6.42 Å². The lowest BCUT2D eigenvalue weighted by Crippen LogP contribution is -2.53. The molecule has 0 aliphatic rings. The van der Waals surface area contributed by atoms with Crippen molar-refractivity contribution in [2.24, 2.45) is 0 Å². The van der Waals surface area contributed by atoms with Gasteiger partial charge in [-0.2, -0.15) is 0 Å². The topological polar surface area (TPSA) is 86.8 Å². The number of rotatable bonds is 11. The molecule has 9 heteroatoms. The third-order valence-corrected chi connectivity index (χ3v) is 6.52. The van der Waals surface area contributed by atoms with Gasteiger partial charge in [-0.05, 0) is 49.6 Å². The van der Waals surface area contributed by atoms with E-state index in [-0.39, 0.29) is 24.2 Å². The molecule has 0 radical (unpaired) electrons. The van der Waals surface area contributed by atoms with E-state index < -0.39 is 34.3 Å². The van der Waals surface area contributed by atoms with E-state index in [2.05, 4.69) is 5.32 Å². The van der Waals surface area contributed by atoms with Crippen LogP contribution in [0.2, 0.25) is 0 Å². The van der Waals surface area contributed by atoms with Gasteiger partial charge >= 0.3 is 0 Å². The zero-order chi connectivity index (χ0) is 24.6. The number of hydrogen-bond donors (Lipinski definition) is 1. The predicted molar refractivity (Wildman–Crippen MR) is 128 cm³/mol. The van der Waals surface area contributed by atoms with Gasteiger partial charge in [0.2, 0.25) is 21.8 Å². The molecule has 0 aromatic heterocycles. The summed E-state index contributed by atoms with van der Waals surface area (Å²) in [6, 6.07) is 13.2. The van der Waals surface area contributed by atoms with Crippen LogP contribution in [0.1, 0.15) is 39.2 Å². The maximum atomic E-state index is 13.5. The molecule has 2 aromatic rings. The highest BCUT2D eigenvalue weighted by Gasteiger charge is 2.32. The largest absolute Gasteiger partial charge is 0.352 e. The highest BCUT2D eigenvalue weighted by atomic mass is 32.2. The van der Waals surface area contributed by atoms with Crippen molar-refractivity contribution in [2.45, 2.75) is 52.2 Å². The molecule has 0 aliphatic carbocycles. The number of nitrogens with one attached hydrogen (secondary N) is 1. The molecule has 180 valence electrons. The first-order valence-corrected chi connectivity index (χ1v) is 12.8. The molecule has 2 atom stereocenters. The molecule has 0 spiro atoms. The zero-order valence-electron chi connectivity index (χ0n) is 19.5. The summed E-state index contributed by atoms with van der Waals surface area (Å²) in [5.74, 6) is -1.33. The Balaban J connectivity index is 2.39. The summed E-state index contributed by atoms with van der Waals surface area (Å²) in [4.78, 5) is 27.9. The standard InChI is InChI=1S/C24H32FN3O4S/c1-5-18(3)26-24(30)22(6-2)27(16-19-10-8-7-9-11-19)23(29)17-28(33(4,31)32)21-14-12-20(25)13-15-21/h7-15,18,22H,5-6,16-17H2,1-4H3,(H,26,30)/t18-,22-/m0/s1. The Kier molecular flexibility index (Phi) is 9.40. The number of carbonyl (C=O) groups is 2. The van der Waals surface area contributed by atoms with Crippen LogP contribution in [-0.4, -0.2) is 50.0 Å². The quantitative estimate of drug-likeness (QED) is 0.538. The van der Waals surface area contributed by atoms with Crippen molar-refractivity contribution in [1.82, 2.24) is 10.2 Å². The minimum atomic E-state index is -3.85. The molecule has 0 saturated carbocycles. The number of amides is 2. The molecule has 0 heterocycles. The molecule has 0 fully saturated rings. The summed E-state index contributed by atoms with van der Waals surface area (Å²) < 4.78 is 39.2. The number of nitrogens with zero attached hydrogens (tertiary/aromatic N) is 2. The van der Waals surface area contributed by atoms with Crippen LogP contribution in [-0.2, 0) is 26.2 Å². The fraction of sp³-hybridized carbons (Fsp3) is 0.417. The molecule has 2 rings (SSSR count). The van der Waals surface area contributed by atoms with Gasteiger partial charge < -0.3 is 10.2 Å². The molecule has 0 aliphatic heterocycles. The van der Waals surface area contributed by atoms with E-state index in [9.17, 15) is 22.4 Å². The number of benzene rings is 2. The SMILES string of the molecule is CC[C@H](C)NC(=O)[C@H](CC)N(Cc1ccccc1)C(=O)CN(c1ccc(F)cc1)S(C)(=O)=O. The van der Waals surface area contributed by atoms with Gasteiger partial charge in [-0.15, -0.1) is 0 Å². The maximum Gasteiger partial charge on any atom is 0.244 e. The number of hydrogen-bond acceptors (Lipinski definition) is 4. The minimum Gasteiger partial charge on any atom is -0.352 e. The van der Waals surface area contributed by atoms with Crippen molar-refractivity contribution < 1.29 is 22.4 Å². The van der Waals surface area contributed by atoms with Gasteiger partial charge in [-0.3, -0.25) is 13.9 Å². The van der Waals surface area contributed by atoms with Gasteiger partial charge in [0.25, 0.3) is 0 Å². The Morgan fingerprint density at radius 3 is 2.12 bits per heavy atom. The first-order valence-electron chi connectivity index (χ1n) is 10.9. The highest BCUT2D eigenvalue weighted by molar-refractivity contribution is 7.92. The molecule has 7 nitrogen and oxygen atoms in total. The lowest BCUT2D eigenvalue weighted by Gasteiger charge is -2.33. The zero-order valence-corrected chi connectivity index (χ0v) is 20.3. The van der Waals surface area contributed by atoms with Crippen LogP contribution in [0.4, 0.5) is 10.1 Å². The van der Waals surface area contributed by atoms with Crippen molar-refractivity contribution in [3.8, 4) is 0 Å². The van der Waals surface area contributed by atoms with Gasteiger partial charge in [-0.25, -0.2) is 12.8 Å². The molecule has 0 bridgehead atoms. The Hall–Kier alpha value is -2.94. The second kappa shape index (κ2) is 11.8. The Morgan fingerprint density at radius 2 is 1.61 bits per heavy atom. The highest BCUT2D eigenvalue weighted by Crippen LogP contribution is 2.20. The fourth-order valence-electron chi connectivity index (χ4n) is 3.36. The van der Waals surface area contributed by atoms with E-state index in [4.69, 9.17) is 0 Å². The first-order chi connectivity index (χ1) is 15.6. The summed E-state index contributed by atoms with van der Waals surface area (Å²) >= 11 is 0. The van der Waals surface area contributed by atoms with E-state index in [0.717, 1.165) is 34.7 Å². The summed E-state index contributed by atoms with van der Waals surface area (Å²) in [6.45, 7) is 5.28. The van der Waals surface area contributed by atoms with Crippen LogP contribution in [0.3, 0.4) is 0 Å². The molecular formula is C24H32FN3O4S.